The van der Waals surface area contributed by atoms with Gasteiger partial charge < -0.3 is 18.6 Å². The van der Waals surface area contributed by atoms with Gasteiger partial charge in [-0.25, -0.2) is 9.59 Å². The van der Waals surface area contributed by atoms with E-state index in [0.29, 0.717) is 32.9 Å². The Labute approximate surface area is 171 Å². The molecule has 0 fully saturated rings. The molecule has 6 nitrogen and oxygen atoms in total. The lowest BCUT2D eigenvalue weighted by Gasteiger charge is -2.43. The molecule has 0 radical (unpaired) electrons. The number of carbonyl (C=O) groups excluding carboxylic acids is 1. The van der Waals surface area contributed by atoms with Crippen LogP contribution in [0.15, 0.2) is 57.7 Å². The van der Waals surface area contributed by atoms with Gasteiger partial charge in [-0.3, -0.25) is 0 Å². The van der Waals surface area contributed by atoms with Crippen LogP contribution in [0.5, 0.6) is 5.75 Å². The molecule has 1 aliphatic heterocycles. The maximum atomic E-state index is 12.9. The van der Waals surface area contributed by atoms with Crippen molar-refractivity contribution in [2.75, 3.05) is 7.11 Å². The minimum Gasteiger partial charge on any atom is -0.484 e. The predicted molar refractivity (Wildman–Crippen MR) is 108 cm³/mol. The smallest absolute Gasteiger partial charge is 0.338 e. The zero-order chi connectivity index (χ0) is 20.8. The number of esters is 1. The summed E-state index contributed by atoms with van der Waals surface area (Å²) in [5.41, 5.74) is -0.244. The van der Waals surface area contributed by atoms with Crippen LogP contribution in [0.1, 0.15) is 35.9 Å². The molecule has 2 aromatic carbocycles. The number of rotatable bonds is 3. The van der Waals surface area contributed by atoms with Gasteiger partial charge in [0.05, 0.1) is 11.1 Å². The molecule has 3 aromatic rings. The van der Waals surface area contributed by atoms with Crippen molar-refractivity contribution in [1.82, 2.24) is 0 Å². The Balaban J connectivity index is 1.87. The minimum atomic E-state index is -0.862. The Bertz CT molecular complexity index is 1150. The Morgan fingerprint density at radius 2 is 1.90 bits per heavy atom. The van der Waals surface area contributed by atoms with Gasteiger partial charge in [-0.15, -0.1) is 0 Å². The summed E-state index contributed by atoms with van der Waals surface area (Å²) in [6.45, 7) is 3.69. The van der Waals surface area contributed by atoms with Crippen LogP contribution in [0.3, 0.4) is 0 Å². The lowest BCUT2D eigenvalue weighted by atomic mass is 9.87. The van der Waals surface area contributed by atoms with E-state index in [1.54, 1.807) is 36.4 Å². The fraction of sp³-hybridized carbons (Fsp3) is 0.273. The molecular formula is C22H19ClO6. The second-order valence-electron chi connectivity index (χ2n) is 7.35. The van der Waals surface area contributed by atoms with Gasteiger partial charge in [0.15, 0.2) is 6.10 Å². The van der Waals surface area contributed by atoms with Gasteiger partial charge in [0.1, 0.15) is 23.0 Å². The molecule has 0 aliphatic carbocycles. The van der Waals surface area contributed by atoms with Crippen molar-refractivity contribution < 1.29 is 23.4 Å². The second-order valence-corrected chi connectivity index (χ2v) is 7.78. The van der Waals surface area contributed by atoms with Gasteiger partial charge in [-0.1, -0.05) is 17.7 Å². The number of benzene rings is 2. The van der Waals surface area contributed by atoms with Gasteiger partial charge in [-0.05, 0) is 50.2 Å². The van der Waals surface area contributed by atoms with Crippen LogP contribution in [0.2, 0.25) is 5.02 Å². The highest BCUT2D eigenvalue weighted by Crippen LogP contribution is 2.46. The maximum Gasteiger partial charge on any atom is 0.338 e. The number of methoxy groups -OCH3 is 1. The molecule has 0 saturated heterocycles. The summed E-state index contributed by atoms with van der Waals surface area (Å²) in [4.78, 5) is 24.8. The number of hydrogen-bond acceptors (Lipinski definition) is 6. The normalized spacial score (nSPS) is 20.0. The molecule has 0 spiro atoms. The van der Waals surface area contributed by atoms with E-state index in [-0.39, 0.29) is 0 Å². The largest absolute Gasteiger partial charge is 0.484 e. The van der Waals surface area contributed by atoms with Crippen molar-refractivity contribution in [3.8, 4) is 5.75 Å². The topological polar surface area (TPSA) is 75.0 Å². The maximum absolute atomic E-state index is 12.9. The molecule has 0 N–H and O–H groups in total. The molecule has 4 rings (SSSR count). The third kappa shape index (κ3) is 3.50. The van der Waals surface area contributed by atoms with Crippen molar-refractivity contribution in [3.05, 3.63) is 75.1 Å². The highest BCUT2D eigenvalue weighted by Gasteiger charge is 2.48. The van der Waals surface area contributed by atoms with Crippen molar-refractivity contribution in [3.63, 3.8) is 0 Å². The Kier molecular flexibility index (Phi) is 4.84. The van der Waals surface area contributed by atoms with Gasteiger partial charge in [0.2, 0.25) is 0 Å². The van der Waals surface area contributed by atoms with Crippen molar-refractivity contribution in [1.29, 1.82) is 0 Å². The fourth-order valence-electron chi connectivity index (χ4n) is 3.68. The van der Waals surface area contributed by atoms with Crippen LogP contribution in [-0.2, 0) is 9.47 Å². The molecule has 29 heavy (non-hydrogen) atoms. The van der Waals surface area contributed by atoms with E-state index in [1.807, 2.05) is 13.8 Å². The number of halogens is 1. The first-order chi connectivity index (χ1) is 13.8. The van der Waals surface area contributed by atoms with Gasteiger partial charge >= 0.3 is 11.6 Å². The van der Waals surface area contributed by atoms with Crippen molar-refractivity contribution in [2.24, 2.45) is 0 Å². The number of ether oxygens (including phenoxy) is 3. The first kappa shape index (κ1) is 19.5. The average molecular weight is 415 g/mol. The van der Waals surface area contributed by atoms with Crippen LogP contribution in [-0.4, -0.2) is 24.8 Å². The molecule has 1 aromatic heterocycles. The highest BCUT2D eigenvalue weighted by molar-refractivity contribution is 6.30. The number of carbonyl (C=O) groups is 1. The predicted octanol–water partition coefficient (Wildman–Crippen LogP) is 4.53. The van der Waals surface area contributed by atoms with E-state index in [1.165, 1.54) is 19.2 Å². The molecule has 1 aliphatic rings. The van der Waals surface area contributed by atoms with Crippen LogP contribution in [0.4, 0.5) is 0 Å². The molecule has 2 atom stereocenters. The first-order valence-electron chi connectivity index (χ1n) is 9.05. The molecule has 0 saturated carbocycles. The quantitative estimate of drug-likeness (QED) is 0.463. The van der Waals surface area contributed by atoms with Crippen LogP contribution in [0, 0.1) is 0 Å². The monoisotopic (exact) mass is 414 g/mol. The van der Waals surface area contributed by atoms with E-state index in [9.17, 15) is 9.59 Å². The van der Waals surface area contributed by atoms with Crippen LogP contribution >= 0.6 is 11.6 Å². The average Bonchev–Trinajstić information content (AvgIpc) is 2.66. The van der Waals surface area contributed by atoms with Crippen molar-refractivity contribution in [2.45, 2.75) is 31.7 Å². The molecule has 7 heteroatoms. The van der Waals surface area contributed by atoms with Gasteiger partial charge in [0, 0.05) is 23.6 Å². The number of fused-ring (bicyclic) bond motifs is 3. The SMILES string of the molecule is CO[C@@H]1[C@@H](OC(=O)c2cccc(Cl)c2)c2c(ccc3ccc(=O)oc23)OC1(C)C. The Morgan fingerprint density at radius 1 is 1.14 bits per heavy atom. The summed E-state index contributed by atoms with van der Waals surface area (Å²) < 4.78 is 23.1. The summed E-state index contributed by atoms with van der Waals surface area (Å²) in [6.07, 6.45) is -1.51. The standard InChI is InChI=1S/C22H19ClO6/c1-22(2)20(26-3)19(28-21(25)13-5-4-6-14(23)11-13)17-15(29-22)9-7-12-8-10-16(24)27-18(12)17/h4-11,19-20H,1-3H3/t19-,20+/m0/s1. The Hall–Kier alpha value is -2.83. The Morgan fingerprint density at radius 3 is 2.62 bits per heavy atom. The van der Waals surface area contributed by atoms with E-state index in [0.717, 1.165) is 0 Å². The second kappa shape index (κ2) is 7.21. The molecular weight excluding hydrogens is 396 g/mol. The van der Waals surface area contributed by atoms with E-state index >= 15 is 0 Å². The van der Waals surface area contributed by atoms with E-state index in [2.05, 4.69) is 0 Å². The third-order valence-corrected chi connectivity index (χ3v) is 5.19. The summed E-state index contributed by atoms with van der Waals surface area (Å²) in [7, 11) is 1.52. The molecule has 2 heterocycles. The lowest BCUT2D eigenvalue weighted by molar-refractivity contribution is -0.132. The zero-order valence-electron chi connectivity index (χ0n) is 16.1. The van der Waals surface area contributed by atoms with Crippen LogP contribution < -0.4 is 10.4 Å². The van der Waals surface area contributed by atoms with Gasteiger partial charge in [-0.2, -0.15) is 0 Å². The lowest BCUT2D eigenvalue weighted by Crippen LogP contribution is -2.51. The summed E-state index contributed by atoms with van der Waals surface area (Å²) in [5.74, 6) is -0.104. The van der Waals surface area contributed by atoms with Gasteiger partial charge in [0.25, 0.3) is 0 Å². The molecule has 0 bridgehead atoms. The molecule has 0 amide bonds. The summed E-state index contributed by atoms with van der Waals surface area (Å²) in [5, 5.41) is 1.11. The first-order valence-corrected chi connectivity index (χ1v) is 9.43. The zero-order valence-corrected chi connectivity index (χ0v) is 16.9. The fourth-order valence-corrected chi connectivity index (χ4v) is 3.87. The summed E-state index contributed by atoms with van der Waals surface area (Å²) in [6, 6.07) is 13.0. The summed E-state index contributed by atoms with van der Waals surface area (Å²) >= 11 is 6.01. The number of hydrogen-bond donors (Lipinski definition) is 0. The van der Waals surface area contributed by atoms with Crippen LogP contribution in [0.25, 0.3) is 11.0 Å². The minimum absolute atomic E-state index is 0.302. The highest BCUT2D eigenvalue weighted by atomic mass is 35.5. The molecule has 150 valence electrons. The molecule has 0 unspecified atom stereocenters. The van der Waals surface area contributed by atoms with E-state index in [4.69, 9.17) is 30.2 Å². The third-order valence-electron chi connectivity index (χ3n) is 4.95. The van der Waals surface area contributed by atoms with E-state index < -0.39 is 29.4 Å². The van der Waals surface area contributed by atoms with Crippen molar-refractivity contribution >= 4 is 28.5 Å².